The van der Waals surface area contributed by atoms with Crippen LogP contribution in [-0.4, -0.2) is 34.8 Å². The Hall–Kier alpha value is -3.01. The quantitative estimate of drug-likeness (QED) is 0.343. The topological polar surface area (TPSA) is 80.9 Å². The summed E-state index contributed by atoms with van der Waals surface area (Å²) < 4.78 is 57.8. The molecule has 2 aromatic carbocycles. The van der Waals surface area contributed by atoms with E-state index in [4.69, 9.17) is 16.3 Å². The third-order valence-corrected chi connectivity index (χ3v) is 9.34. The van der Waals surface area contributed by atoms with E-state index in [2.05, 4.69) is 4.98 Å². The molecule has 0 saturated heterocycles. The predicted molar refractivity (Wildman–Crippen MR) is 130 cm³/mol. The predicted octanol–water partition coefficient (Wildman–Crippen LogP) is 5.76. The molecule has 36 heavy (non-hydrogen) atoms. The van der Waals surface area contributed by atoms with Crippen LogP contribution in [0.3, 0.4) is 0 Å². The van der Waals surface area contributed by atoms with Gasteiger partial charge in [0, 0.05) is 22.7 Å². The molecule has 1 N–H and O–H groups in total. The van der Waals surface area contributed by atoms with Crippen molar-refractivity contribution in [3.05, 3.63) is 82.8 Å². The first kappa shape index (κ1) is 23.4. The van der Waals surface area contributed by atoms with E-state index in [0.717, 1.165) is 11.1 Å². The number of aliphatic hydroxyl groups is 1. The lowest BCUT2D eigenvalue weighted by Gasteiger charge is -2.18. The smallest absolute Gasteiger partial charge is 0.387 e. The summed E-state index contributed by atoms with van der Waals surface area (Å²) in [5, 5.41) is 10.8. The maximum Gasteiger partial charge on any atom is 0.387 e. The van der Waals surface area contributed by atoms with Gasteiger partial charge in [0.15, 0.2) is 9.84 Å². The fourth-order valence-electron chi connectivity index (χ4n) is 4.97. The number of nitrogens with zero attached hydrogens (tertiary/aromatic N) is 2. The largest absolute Gasteiger partial charge is 0.435 e. The van der Waals surface area contributed by atoms with Crippen LogP contribution in [0.25, 0.3) is 16.8 Å². The standard InChI is InChI=1S/C26H21ClF2N2O4S/c27-16-4-9-22(35-26(28)29)19(11-16)20-12-21(32)24-25(20)31-13-15(3-10-23(31)30-24)14-1-5-17(6-2-14)36(33,34)18-7-8-18/h1-6,9-11,13,18,20-21,26,32H,7-8,12H2/t20-,21-/m1/s1. The molecule has 6 nitrogen and oxygen atoms in total. The molecule has 0 unspecified atom stereocenters. The number of benzene rings is 2. The van der Waals surface area contributed by atoms with Crippen LogP contribution in [0.4, 0.5) is 8.78 Å². The van der Waals surface area contributed by atoms with Gasteiger partial charge < -0.3 is 14.2 Å². The Balaban J connectivity index is 1.43. The van der Waals surface area contributed by atoms with Crippen LogP contribution in [0.15, 0.2) is 65.7 Å². The normalized spacial score (nSPS) is 19.7. The molecule has 2 aliphatic rings. The van der Waals surface area contributed by atoms with Gasteiger partial charge in [0.05, 0.1) is 27.6 Å². The van der Waals surface area contributed by atoms with E-state index in [9.17, 15) is 22.3 Å². The SMILES string of the molecule is O=S(=O)(c1ccc(-c2ccc3nc4c(n3c2)[C@@H](c2cc(Cl)ccc2OC(F)F)C[C@H]4O)cc1)C1CC1. The minimum Gasteiger partial charge on any atom is -0.435 e. The van der Waals surface area contributed by atoms with Crippen LogP contribution in [0.1, 0.15) is 48.2 Å². The van der Waals surface area contributed by atoms with Gasteiger partial charge in [0.2, 0.25) is 0 Å². The number of hydrogen-bond donors (Lipinski definition) is 1. The molecule has 6 rings (SSSR count). The van der Waals surface area contributed by atoms with E-state index in [0.29, 0.717) is 45.4 Å². The summed E-state index contributed by atoms with van der Waals surface area (Å²) in [6.07, 6.45) is 2.64. The maximum atomic E-state index is 13.1. The highest BCUT2D eigenvalue weighted by atomic mass is 35.5. The molecule has 4 aromatic rings. The van der Waals surface area contributed by atoms with E-state index in [1.807, 2.05) is 16.7 Å². The van der Waals surface area contributed by atoms with E-state index in [1.54, 1.807) is 36.4 Å². The van der Waals surface area contributed by atoms with Gasteiger partial charge in [-0.3, -0.25) is 0 Å². The van der Waals surface area contributed by atoms with Crippen molar-refractivity contribution in [1.29, 1.82) is 0 Å². The van der Waals surface area contributed by atoms with Crippen LogP contribution in [0, 0.1) is 0 Å². The highest BCUT2D eigenvalue weighted by Gasteiger charge is 2.38. The molecule has 0 amide bonds. The summed E-state index contributed by atoms with van der Waals surface area (Å²) in [4.78, 5) is 4.90. The van der Waals surface area contributed by atoms with E-state index >= 15 is 0 Å². The van der Waals surface area contributed by atoms with Crippen molar-refractivity contribution in [2.75, 3.05) is 0 Å². The van der Waals surface area contributed by atoms with Crippen LogP contribution in [0.5, 0.6) is 5.75 Å². The van der Waals surface area contributed by atoms with Crippen molar-refractivity contribution in [1.82, 2.24) is 9.38 Å². The van der Waals surface area contributed by atoms with Gasteiger partial charge in [-0.2, -0.15) is 8.78 Å². The van der Waals surface area contributed by atoms with Gasteiger partial charge in [-0.05, 0) is 72.9 Å². The third-order valence-electron chi connectivity index (χ3n) is 6.83. The summed E-state index contributed by atoms with van der Waals surface area (Å²) in [5.74, 6) is -0.475. The summed E-state index contributed by atoms with van der Waals surface area (Å²) in [6, 6.07) is 14.9. The Kier molecular flexibility index (Phi) is 5.55. The molecular formula is C26H21ClF2N2O4S. The number of rotatable bonds is 6. The molecule has 0 spiro atoms. The molecule has 2 atom stereocenters. The van der Waals surface area contributed by atoms with Gasteiger partial charge >= 0.3 is 6.61 Å². The summed E-state index contributed by atoms with van der Waals surface area (Å²) in [6.45, 7) is -3.00. The molecule has 2 aromatic heterocycles. The Morgan fingerprint density at radius 2 is 1.78 bits per heavy atom. The second-order valence-corrected chi connectivity index (χ2v) is 11.8. The summed E-state index contributed by atoms with van der Waals surface area (Å²) in [5.41, 5.74) is 3.82. The number of sulfone groups is 1. The number of pyridine rings is 1. The lowest BCUT2D eigenvalue weighted by atomic mass is 9.95. The highest BCUT2D eigenvalue weighted by molar-refractivity contribution is 7.92. The van der Waals surface area contributed by atoms with E-state index in [-0.39, 0.29) is 17.4 Å². The molecule has 10 heteroatoms. The molecule has 1 saturated carbocycles. The average molecular weight is 531 g/mol. The zero-order valence-corrected chi connectivity index (χ0v) is 20.4. The van der Waals surface area contributed by atoms with Crippen LogP contribution >= 0.6 is 11.6 Å². The zero-order valence-electron chi connectivity index (χ0n) is 18.8. The molecule has 186 valence electrons. The highest BCUT2D eigenvalue weighted by Crippen LogP contribution is 2.47. The second-order valence-electron chi connectivity index (χ2n) is 9.16. The van der Waals surface area contributed by atoms with Crippen LogP contribution in [-0.2, 0) is 9.84 Å². The molecule has 2 aliphatic carbocycles. The summed E-state index contributed by atoms with van der Waals surface area (Å²) in [7, 11) is -3.28. The van der Waals surface area contributed by atoms with Gasteiger partial charge in [-0.25, -0.2) is 13.4 Å². The molecule has 0 bridgehead atoms. The maximum absolute atomic E-state index is 13.1. The zero-order chi connectivity index (χ0) is 25.2. The first-order valence-electron chi connectivity index (χ1n) is 11.5. The number of aromatic nitrogens is 2. The van der Waals surface area contributed by atoms with Gasteiger partial charge in [-0.15, -0.1) is 0 Å². The number of halogens is 3. The number of fused-ring (bicyclic) bond motifs is 3. The first-order valence-corrected chi connectivity index (χ1v) is 13.4. The third kappa shape index (κ3) is 3.95. The fourth-order valence-corrected chi connectivity index (χ4v) is 6.80. The molecule has 0 aliphatic heterocycles. The van der Waals surface area contributed by atoms with Crippen molar-refractivity contribution in [3.8, 4) is 16.9 Å². The monoisotopic (exact) mass is 530 g/mol. The average Bonchev–Trinajstić information content (AvgIpc) is 3.58. The number of ether oxygens (including phenoxy) is 1. The molecule has 1 fully saturated rings. The lowest BCUT2D eigenvalue weighted by molar-refractivity contribution is -0.0506. The van der Waals surface area contributed by atoms with Crippen LogP contribution < -0.4 is 4.74 Å². The fraction of sp³-hybridized carbons (Fsp3) is 0.269. The van der Waals surface area contributed by atoms with Gasteiger partial charge in [-0.1, -0.05) is 23.7 Å². The van der Waals surface area contributed by atoms with Crippen molar-refractivity contribution in [3.63, 3.8) is 0 Å². The number of imidazole rings is 1. The van der Waals surface area contributed by atoms with Gasteiger partial charge in [0.1, 0.15) is 11.4 Å². The Morgan fingerprint density at radius 1 is 1.06 bits per heavy atom. The summed E-state index contributed by atoms with van der Waals surface area (Å²) >= 11 is 6.19. The van der Waals surface area contributed by atoms with Crippen LogP contribution in [0.2, 0.25) is 5.02 Å². The second kappa shape index (κ2) is 8.54. The van der Waals surface area contributed by atoms with Crippen molar-refractivity contribution < 1.29 is 27.0 Å². The molecular weight excluding hydrogens is 510 g/mol. The minimum atomic E-state index is -3.28. The first-order chi connectivity index (χ1) is 17.2. The van der Waals surface area contributed by atoms with E-state index < -0.39 is 28.5 Å². The number of alkyl halides is 2. The van der Waals surface area contributed by atoms with E-state index in [1.165, 1.54) is 12.1 Å². The van der Waals surface area contributed by atoms with Crippen molar-refractivity contribution in [2.24, 2.45) is 0 Å². The lowest BCUT2D eigenvalue weighted by Crippen LogP contribution is -2.08. The van der Waals surface area contributed by atoms with Crippen molar-refractivity contribution >= 4 is 27.1 Å². The molecule has 0 radical (unpaired) electrons. The van der Waals surface area contributed by atoms with Crippen molar-refractivity contribution in [2.45, 2.75) is 48.0 Å². The molecule has 2 heterocycles. The number of hydrogen-bond acceptors (Lipinski definition) is 5. The Labute approximate surface area is 211 Å². The minimum absolute atomic E-state index is 0.00184. The Bertz CT molecular complexity index is 1580. The van der Waals surface area contributed by atoms with Gasteiger partial charge in [0.25, 0.3) is 0 Å². The Morgan fingerprint density at radius 3 is 2.47 bits per heavy atom. The number of aliphatic hydroxyl groups excluding tert-OH is 1.